The Morgan fingerprint density at radius 1 is 1.21 bits per heavy atom. The Balaban J connectivity index is 1.32. The summed E-state index contributed by atoms with van der Waals surface area (Å²) in [5.41, 5.74) is 1.44. The van der Waals surface area contributed by atoms with E-state index in [1.54, 1.807) is 36.2 Å². The van der Waals surface area contributed by atoms with E-state index in [0.29, 0.717) is 17.2 Å². The highest BCUT2D eigenvalue weighted by Gasteiger charge is 2.24. The maximum absolute atomic E-state index is 12.5. The zero-order chi connectivity index (χ0) is 19.5. The fourth-order valence-electron chi connectivity index (χ4n) is 3.59. The maximum Gasteiger partial charge on any atom is 0.268 e. The van der Waals surface area contributed by atoms with Crippen molar-refractivity contribution in [2.75, 3.05) is 25.1 Å². The summed E-state index contributed by atoms with van der Waals surface area (Å²) < 4.78 is 6.75. The van der Waals surface area contributed by atoms with E-state index in [0.717, 1.165) is 38.2 Å². The van der Waals surface area contributed by atoms with Gasteiger partial charge in [0.15, 0.2) is 0 Å². The van der Waals surface area contributed by atoms with Gasteiger partial charge in [-0.1, -0.05) is 6.07 Å². The lowest BCUT2D eigenvalue weighted by Gasteiger charge is -2.33. The molecular weight excluding hydrogens is 356 g/mol. The van der Waals surface area contributed by atoms with Crippen LogP contribution in [-0.4, -0.2) is 41.9 Å². The monoisotopic (exact) mass is 382 g/mol. The first-order valence-corrected chi connectivity index (χ1v) is 9.89. The van der Waals surface area contributed by atoms with Gasteiger partial charge in [0.05, 0.1) is 19.0 Å². The van der Waals surface area contributed by atoms with Crippen LogP contribution in [0.15, 0.2) is 41.3 Å². The number of aromatic nitrogens is 2. The Morgan fingerprint density at radius 2 is 2.00 bits per heavy atom. The summed E-state index contributed by atoms with van der Waals surface area (Å²) in [7, 11) is 1.59. The van der Waals surface area contributed by atoms with Crippen LogP contribution in [0.2, 0.25) is 0 Å². The Kier molecular flexibility index (Phi) is 5.32. The predicted molar refractivity (Wildman–Crippen MR) is 107 cm³/mol. The van der Waals surface area contributed by atoms with E-state index in [-0.39, 0.29) is 17.5 Å². The Labute approximate surface area is 164 Å². The Hall–Kier alpha value is -2.83. The number of piperidine rings is 1. The van der Waals surface area contributed by atoms with Crippen LogP contribution in [0.4, 0.5) is 5.69 Å². The fourth-order valence-corrected chi connectivity index (χ4v) is 3.59. The van der Waals surface area contributed by atoms with Gasteiger partial charge in [-0.25, -0.2) is 4.68 Å². The number of carbonyl (C=O) groups excluding carboxylic acids is 1. The molecule has 1 saturated carbocycles. The quantitative estimate of drug-likeness (QED) is 0.828. The maximum atomic E-state index is 12.5. The molecule has 0 radical (unpaired) electrons. The van der Waals surface area contributed by atoms with Crippen molar-refractivity contribution in [2.45, 2.75) is 38.3 Å². The van der Waals surface area contributed by atoms with Crippen molar-refractivity contribution in [3.05, 3.63) is 52.4 Å². The minimum atomic E-state index is -0.0818. The first kappa shape index (κ1) is 18.5. The first-order chi connectivity index (χ1) is 13.6. The second-order valence-electron chi connectivity index (χ2n) is 7.64. The van der Waals surface area contributed by atoms with Crippen LogP contribution < -0.4 is 20.5 Å². The van der Waals surface area contributed by atoms with Gasteiger partial charge in [0.1, 0.15) is 5.75 Å². The van der Waals surface area contributed by atoms with Gasteiger partial charge in [-0.05, 0) is 49.8 Å². The van der Waals surface area contributed by atoms with Crippen LogP contribution in [0, 0.1) is 5.92 Å². The number of ether oxygens (including phenoxy) is 1. The van der Waals surface area contributed by atoms with Crippen molar-refractivity contribution in [2.24, 2.45) is 5.92 Å². The second kappa shape index (κ2) is 8.04. The summed E-state index contributed by atoms with van der Waals surface area (Å²) in [5, 5.41) is 7.44. The summed E-state index contributed by atoms with van der Waals surface area (Å²) in [6.45, 7) is 2.31. The lowest BCUT2D eigenvalue weighted by Crippen LogP contribution is -2.45. The highest BCUT2D eigenvalue weighted by Crippen LogP contribution is 2.29. The van der Waals surface area contributed by atoms with Crippen molar-refractivity contribution in [1.82, 2.24) is 15.1 Å². The number of anilines is 1. The van der Waals surface area contributed by atoms with Gasteiger partial charge in [-0.2, -0.15) is 5.10 Å². The molecule has 2 heterocycles. The number of carbonyl (C=O) groups is 1. The molecule has 2 aliphatic rings. The van der Waals surface area contributed by atoms with Gasteiger partial charge in [-0.3, -0.25) is 9.59 Å². The minimum Gasteiger partial charge on any atom is -0.497 e. The predicted octanol–water partition coefficient (Wildman–Crippen LogP) is 2.06. The van der Waals surface area contributed by atoms with Crippen molar-refractivity contribution >= 4 is 11.6 Å². The van der Waals surface area contributed by atoms with Crippen LogP contribution in [0.5, 0.6) is 5.75 Å². The lowest BCUT2D eigenvalue weighted by molar-refractivity contribution is 0.0930. The summed E-state index contributed by atoms with van der Waals surface area (Å²) in [5.74, 6) is 1.22. The van der Waals surface area contributed by atoms with Crippen molar-refractivity contribution in [3.8, 4) is 5.75 Å². The molecule has 7 nitrogen and oxygen atoms in total. The molecule has 2 aromatic rings. The molecule has 0 atom stereocenters. The number of hydrogen-bond acceptors (Lipinski definition) is 5. The molecule has 4 rings (SSSR count). The van der Waals surface area contributed by atoms with Gasteiger partial charge in [-0.15, -0.1) is 0 Å². The number of amides is 1. The molecule has 1 saturated heterocycles. The number of hydrogen-bond donors (Lipinski definition) is 1. The number of nitrogens with zero attached hydrogens (tertiary/aromatic N) is 3. The van der Waals surface area contributed by atoms with Crippen molar-refractivity contribution in [3.63, 3.8) is 0 Å². The number of benzene rings is 1. The fraction of sp³-hybridized carbons (Fsp3) is 0.476. The van der Waals surface area contributed by atoms with Crippen LogP contribution >= 0.6 is 0 Å². The van der Waals surface area contributed by atoms with E-state index in [1.165, 1.54) is 12.8 Å². The summed E-state index contributed by atoms with van der Waals surface area (Å²) >= 11 is 0. The van der Waals surface area contributed by atoms with Gasteiger partial charge in [0.2, 0.25) is 0 Å². The molecule has 0 spiro atoms. The zero-order valence-corrected chi connectivity index (χ0v) is 16.1. The van der Waals surface area contributed by atoms with E-state index in [9.17, 15) is 9.59 Å². The van der Waals surface area contributed by atoms with E-state index in [4.69, 9.17) is 4.74 Å². The normalized spacial score (nSPS) is 17.4. The molecule has 7 heteroatoms. The average Bonchev–Trinajstić information content (AvgIpc) is 3.54. The molecule has 1 aliphatic heterocycles. The summed E-state index contributed by atoms with van der Waals surface area (Å²) in [6, 6.07) is 8.97. The van der Waals surface area contributed by atoms with Gasteiger partial charge < -0.3 is 15.0 Å². The number of nitrogens with one attached hydrogen (secondary N) is 1. The first-order valence-electron chi connectivity index (χ1n) is 9.89. The highest BCUT2D eigenvalue weighted by molar-refractivity contribution is 5.94. The Morgan fingerprint density at radius 3 is 2.68 bits per heavy atom. The van der Waals surface area contributed by atoms with E-state index in [1.807, 2.05) is 12.1 Å². The molecule has 1 aromatic heterocycles. The SMILES string of the molecule is COc1cccc(C(=O)NC2CCN(c3cnn(CC4CC4)c(=O)c3)CC2)c1. The van der Waals surface area contributed by atoms with Crippen molar-refractivity contribution < 1.29 is 9.53 Å². The number of methoxy groups -OCH3 is 1. The molecule has 148 valence electrons. The largest absolute Gasteiger partial charge is 0.497 e. The molecule has 0 bridgehead atoms. The topological polar surface area (TPSA) is 76.5 Å². The molecule has 28 heavy (non-hydrogen) atoms. The van der Waals surface area contributed by atoms with Gasteiger partial charge in [0.25, 0.3) is 11.5 Å². The molecule has 0 unspecified atom stereocenters. The molecular formula is C21H26N4O3. The highest BCUT2D eigenvalue weighted by atomic mass is 16.5. The van der Waals surface area contributed by atoms with Crippen LogP contribution in [0.1, 0.15) is 36.0 Å². The average molecular weight is 382 g/mol. The van der Waals surface area contributed by atoms with Gasteiger partial charge >= 0.3 is 0 Å². The van der Waals surface area contributed by atoms with E-state index >= 15 is 0 Å². The Bertz CT molecular complexity index is 899. The minimum absolute atomic E-state index is 0.0298. The van der Waals surface area contributed by atoms with E-state index in [2.05, 4.69) is 15.3 Å². The molecule has 2 fully saturated rings. The van der Waals surface area contributed by atoms with Crippen LogP contribution in [0.3, 0.4) is 0 Å². The van der Waals surface area contributed by atoms with Crippen LogP contribution in [0.25, 0.3) is 0 Å². The van der Waals surface area contributed by atoms with Gasteiger partial charge in [0, 0.05) is 37.3 Å². The van der Waals surface area contributed by atoms with E-state index < -0.39 is 0 Å². The zero-order valence-electron chi connectivity index (χ0n) is 16.1. The molecule has 1 N–H and O–H groups in total. The smallest absolute Gasteiger partial charge is 0.268 e. The van der Waals surface area contributed by atoms with Crippen LogP contribution in [-0.2, 0) is 6.54 Å². The molecule has 1 amide bonds. The second-order valence-corrected chi connectivity index (χ2v) is 7.64. The molecule has 1 aromatic carbocycles. The molecule has 1 aliphatic carbocycles. The summed E-state index contributed by atoms with van der Waals surface area (Å²) in [4.78, 5) is 26.9. The standard InChI is InChI=1S/C21H26N4O3/c1-28-19-4-2-3-16(11-19)21(27)23-17-7-9-24(10-8-17)18-12-20(26)25(22-13-18)14-15-5-6-15/h2-4,11-13,15,17H,5-10,14H2,1H3,(H,23,27). The van der Waals surface area contributed by atoms with Crippen molar-refractivity contribution in [1.29, 1.82) is 0 Å². The summed E-state index contributed by atoms with van der Waals surface area (Å²) in [6.07, 6.45) is 5.86. The number of rotatable bonds is 6. The third-order valence-corrected chi connectivity index (χ3v) is 5.51. The lowest BCUT2D eigenvalue weighted by atomic mass is 10.0. The third kappa shape index (κ3) is 4.35. The third-order valence-electron chi connectivity index (χ3n) is 5.51.